The molecule has 0 spiro atoms. The summed E-state index contributed by atoms with van der Waals surface area (Å²) in [4.78, 5) is 14.4. The molecule has 0 saturated carbocycles. The molecule has 1 amide bonds. The molecule has 0 aliphatic carbocycles. The summed E-state index contributed by atoms with van der Waals surface area (Å²) in [5.74, 6) is 1.47. The van der Waals surface area contributed by atoms with Crippen LogP contribution in [0.25, 0.3) is 5.69 Å². The van der Waals surface area contributed by atoms with Gasteiger partial charge in [0.25, 0.3) is 0 Å². The summed E-state index contributed by atoms with van der Waals surface area (Å²) in [6, 6.07) is 9.85. The van der Waals surface area contributed by atoms with E-state index in [4.69, 9.17) is 0 Å². The van der Waals surface area contributed by atoms with Crippen LogP contribution in [0.4, 0.5) is 5.95 Å². The zero-order chi connectivity index (χ0) is 16.9. The van der Waals surface area contributed by atoms with Crippen LogP contribution in [-0.4, -0.2) is 45.7 Å². The molecule has 3 rings (SSSR count). The number of nitrogens with one attached hydrogen (secondary N) is 1. The Labute approximate surface area is 142 Å². The predicted octanol–water partition coefficient (Wildman–Crippen LogP) is 1.65. The van der Waals surface area contributed by atoms with Gasteiger partial charge < -0.3 is 10.2 Å². The first-order valence-corrected chi connectivity index (χ1v) is 8.51. The standard InChI is InChI=1S/C17H24N6O/c1-13(2)12-18-16(24)14-8-10-22(11-9-14)17-19-20-21-23(17)15-6-4-3-5-7-15/h3-7,13-14H,8-12H2,1-2H3,(H,18,24). The number of carbonyl (C=O) groups excluding carboxylic acids is 1. The summed E-state index contributed by atoms with van der Waals surface area (Å²) in [5, 5.41) is 15.1. The van der Waals surface area contributed by atoms with Gasteiger partial charge in [0.05, 0.1) is 5.69 Å². The van der Waals surface area contributed by atoms with Crippen molar-refractivity contribution in [1.29, 1.82) is 0 Å². The Balaban J connectivity index is 1.62. The van der Waals surface area contributed by atoms with Crippen molar-refractivity contribution in [3.8, 4) is 5.69 Å². The van der Waals surface area contributed by atoms with E-state index in [9.17, 15) is 4.79 Å². The largest absolute Gasteiger partial charge is 0.356 e. The van der Waals surface area contributed by atoms with Gasteiger partial charge in [-0.15, -0.1) is 0 Å². The summed E-state index contributed by atoms with van der Waals surface area (Å²) in [7, 11) is 0. The zero-order valence-corrected chi connectivity index (χ0v) is 14.2. The molecule has 1 aliphatic heterocycles. The van der Waals surface area contributed by atoms with Crippen LogP contribution in [0.2, 0.25) is 0 Å². The quantitative estimate of drug-likeness (QED) is 0.903. The topological polar surface area (TPSA) is 75.9 Å². The van der Waals surface area contributed by atoms with Crippen molar-refractivity contribution in [2.24, 2.45) is 11.8 Å². The zero-order valence-electron chi connectivity index (χ0n) is 14.2. The van der Waals surface area contributed by atoms with E-state index in [1.54, 1.807) is 4.68 Å². The fraction of sp³-hybridized carbons (Fsp3) is 0.529. The normalized spacial score (nSPS) is 15.7. The number of para-hydroxylation sites is 1. The average molecular weight is 328 g/mol. The van der Waals surface area contributed by atoms with E-state index in [0.29, 0.717) is 5.92 Å². The number of rotatable bonds is 5. The van der Waals surface area contributed by atoms with Gasteiger partial charge in [-0.05, 0) is 41.3 Å². The minimum Gasteiger partial charge on any atom is -0.356 e. The second kappa shape index (κ2) is 7.42. The Bertz CT molecular complexity index is 661. The van der Waals surface area contributed by atoms with E-state index < -0.39 is 0 Å². The summed E-state index contributed by atoms with van der Waals surface area (Å²) < 4.78 is 1.75. The molecule has 0 radical (unpaired) electrons. The predicted molar refractivity (Wildman–Crippen MR) is 91.9 cm³/mol. The highest BCUT2D eigenvalue weighted by molar-refractivity contribution is 5.78. The van der Waals surface area contributed by atoms with Crippen LogP contribution in [0.3, 0.4) is 0 Å². The maximum Gasteiger partial charge on any atom is 0.250 e. The lowest BCUT2D eigenvalue weighted by molar-refractivity contribution is -0.125. The third-order valence-electron chi connectivity index (χ3n) is 4.29. The average Bonchev–Trinajstić information content (AvgIpc) is 3.10. The molecule has 7 nitrogen and oxygen atoms in total. The van der Waals surface area contributed by atoms with Crippen molar-refractivity contribution in [3.63, 3.8) is 0 Å². The van der Waals surface area contributed by atoms with Crippen molar-refractivity contribution in [2.75, 3.05) is 24.5 Å². The van der Waals surface area contributed by atoms with Gasteiger partial charge in [0.1, 0.15) is 0 Å². The summed E-state index contributed by atoms with van der Waals surface area (Å²) >= 11 is 0. The van der Waals surface area contributed by atoms with Crippen LogP contribution in [-0.2, 0) is 4.79 Å². The van der Waals surface area contributed by atoms with E-state index in [0.717, 1.165) is 44.1 Å². The van der Waals surface area contributed by atoms with E-state index in [2.05, 4.69) is 39.6 Å². The molecule has 0 unspecified atom stereocenters. The van der Waals surface area contributed by atoms with Gasteiger partial charge in [-0.25, -0.2) is 0 Å². The monoisotopic (exact) mass is 328 g/mol. The Morgan fingerprint density at radius 1 is 1.25 bits per heavy atom. The molecule has 7 heteroatoms. The molecule has 1 aromatic heterocycles. The number of anilines is 1. The maximum atomic E-state index is 12.2. The molecule has 1 fully saturated rings. The van der Waals surface area contributed by atoms with Gasteiger partial charge in [-0.2, -0.15) is 4.68 Å². The Morgan fingerprint density at radius 3 is 2.62 bits per heavy atom. The number of hydrogen-bond donors (Lipinski definition) is 1. The van der Waals surface area contributed by atoms with Gasteiger partial charge in [-0.3, -0.25) is 4.79 Å². The maximum absolute atomic E-state index is 12.2. The minimum atomic E-state index is 0.0843. The molecule has 1 aliphatic rings. The molecule has 0 atom stereocenters. The Hall–Kier alpha value is -2.44. The van der Waals surface area contributed by atoms with E-state index in [1.807, 2.05) is 30.3 Å². The van der Waals surface area contributed by atoms with Crippen LogP contribution in [0.1, 0.15) is 26.7 Å². The number of carbonyl (C=O) groups is 1. The van der Waals surface area contributed by atoms with Crippen molar-refractivity contribution in [1.82, 2.24) is 25.5 Å². The number of hydrogen-bond acceptors (Lipinski definition) is 5. The van der Waals surface area contributed by atoms with Gasteiger partial charge in [0, 0.05) is 25.6 Å². The summed E-state index contributed by atoms with van der Waals surface area (Å²) in [6.07, 6.45) is 1.65. The summed E-state index contributed by atoms with van der Waals surface area (Å²) in [5.41, 5.74) is 0.939. The second-order valence-corrected chi connectivity index (χ2v) is 6.63. The van der Waals surface area contributed by atoms with Crippen molar-refractivity contribution < 1.29 is 4.79 Å². The molecule has 0 bridgehead atoms. The van der Waals surface area contributed by atoms with Gasteiger partial charge in [-0.1, -0.05) is 37.1 Å². The van der Waals surface area contributed by atoms with Crippen molar-refractivity contribution >= 4 is 11.9 Å². The number of benzene rings is 1. The lowest BCUT2D eigenvalue weighted by atomic mass is 9.96. The van der Waals surface area contributed by atoms with Crippen LogP contribution in [0.15, 0.2) is 30.3 Å². The molecule has 1 saturated heterocycles. The van der Waals surface area contributed by atoms with Crippen molar-refractivity contribution in [2.45, 2.75) is 26.7 Å². The van der Waals surface area contributed by atoms with Gasteiger partial charge >= 0.3 is 0 Å². The number of piperidine rings is 1. The fourth-order valence-corrected chi connectivity index (χ4v) is 2.91. The van der Waals surface area contributed by atoms with Crippen LogP contribution in [0, 0.1) is 11.8 Å². The Kier molecular flexibility index (Phi) is 5.08. The van der Waals surface area contributed by atoms with Crippen LogP contribution in [0.5, 0.6) is 0 Å². The fourth-order valence-electron chi connectivity index (χ4n) is 2.91. The first-order valence-electron chi connectivity index (χ1n) is 8.51. The highest BCUT2D eigenvalue weighted by Gasteiger charge is 2.27. The molecular weight excluding hydrogens is 304 g/mol. The summed E-state index contributed by atoms with van der Waals surface area (Å²) in [6.45, 7) is 6.52. The lowest BCUT2D eigenvalue weighted by Crippen LogP contribution is -2.42. The molecule has 1 aromatic carbocycles. The third-order valence-corrected chi connectivity index (χ3v) is 4.29. The van der Waals surface area contributed by atoms with E-state index >= 15 is 0 Å². The molecule has 1 N–H and O–H groups in total. The number of nitrogens with zero attached hydrogens (tertiary/aromatic N) is 5. The van der Waals surface area contributed by atoms with E-state index in [-0.39, 0.29) is 11.8 Å². The molecule has 2 heterocycles. The minimum absolute atomic E-state index is 0.0843. The van der Waals surface area contributed by atoms with Crippen LogP contribution < -0.4 is 10.2 Å². The van der Waals surface area contributed by atoms with Crippen LogP contribution >= 0.6 is 0 Å². The first-order chi connectivity index (χ1) is 11.6. The number of tetrazole rings is 1. The number of aromatic nitrogens is 4. The van der Waals surface area contributed by atoms with Gasteiger partial charge in [0.15, 0.2) is 0 Å². The first kappa shape index (κ1) is 16.4. The third kappa shape index (κ3) is 3.72. The molecule has 128 valence electrons. The van der Waals surface area contributed by atoms with Gasteiger partial charge in [0.2, 0.25) is 11.9 Å². The highest BCUT2D eigenvalue weighted by Crippen LogP contribution is 2.23. The Morgan fingerprint density at radius 2 is 1.96 bits per heavy atom. The molecule has 24 heavy (non-hydrogen) atoms. The second-order valence-electron chi connectivity index (χ2n) is 6.63. The van der Waals surface area contributed by atoms with E-state index in [1.165, 1.54) is 0 Å². The highest BCUT2D eigenvalue weighted by atomic mass is 16.1. The smallest absolute Gasteiger partial charge is 0.250 e. The van der Waals surface area contributed by atoms with Crippen molar-refractivity contribution in [3.05, 3.63) is 30.3 Å². The number of amides is 1. The lowest BCUT2D eigenvalue weighted by Gasteiger charge is -2.31. The molecule has 2 aromatic rings. The SMILES string of the molecule is CC(C)CNC(=O)C1CCN(c2nnnn2-c2ccccc2)CC1. The molecular formula is C17H24N6O.